The summed E-state index contributed by atoms with van der Waals surface area (Å²) < 4.78 is 27.5. The predicted octanol–water partition coefficient (Wildman–Crippen LogP) is 1.89. The molecule has 1 saturated carbocycles. The van der Waals surface area contributed by atoms with Crippen molar-refractivity contribution < 1.29 is 13.5 Å². The van der Waals surface area contributed by atoms with Crippen LogP contribution in [0.4, 0.5) is 0 Å². The van der Waals surface area contributed by atoms with Crippen molar-refractivity contribution in [1.82, 2.24) is 4.72 Å². The van der Waals surface area contributed by atoms with Crippen molar-refractivity contribution in [2.45, 2.75) is 24.2 Å². The van der Waals surface area contributed by atoms with E-state index < -0.39 is 10.0 Å². The van der Waals surface area contributed by atoms with Crippen LogP contribution in [0.2, 0.25) is 0 Å². The molecule has 0 aromatic heterocycles. The van der Waals surface area contributed by atoms with Crippen LogP contribution in [-0.4, -0.2) is 26.7 Å². The molecular weight excluding hydrogens is 318 g/mol. The first kappa shape index (κ1) is 14.0. The highest BCUT2D eigenvalue weighted by molar-refractivity contribution is 9.10. The number of sulfonamides is 1. The Morgan fingerprint density at radius 1 is 1.39 bits per heavy atom. The number of benzene rings is 1. The lowest BCUT2D eigenvalue weighted by molar-refractivity contribution is 0.249. The van der Waals surface area contributed by atoms with Gasteiger partial charge in [0.2, 0.25) is 10.0 Å². The number of hydrogen-bond donors (Lipinski definition) is 2. The summed E-state index contributed by atoms with van der Waals surface area (Å²) in [5, 5.41) is 8.94. The van der Waals surface area contributed by atoms with Gasteiger partial charge in [-0.1, -0.05) is 22.0 Å². The van der Waals surface area contributed by atoms with Gasteiger partial charge in [0.1, 0.15) is 0 Å². The Bertz CT molecular complexity index is 526. The summed E-state index contributed by atoms with van der Waals surface area (Å²) in [6.07, 6.45) is 2.62. The quantitative estimate of drug-likeness (QED) is 0.835. The van der Waals surface area contributed by atoms with Crippen molar-refractivity contribution >= 4 is 26.0 Å². The molecule has 100 valence electrons. The summed E-state index contributed by atoms with van der Waals surface area (Å²) in [6.45, 7) is 0.515. The van der Waals surface area contributed by atoms with Gasteiger partial charge < -0.3 is 5.11 Å². The van der Waals surface area contributed by atoms with Gasteiger partial charge in [-0.05, 0) is 42.9 Å². The number of rotatable bonds is 6. The Kier molecular flexibility index (Phi) is 4.11. The van der Waals surface area contributed by atoms with Crippen molar-refractivity contribution in [3.8, 4) is 0 Å². The maximum absolute atomic E-state index is 12.1. The first-order chi connectivity index (χ1) is 8.47. The van der Waals surface area contributed by atoms with Gasteiger partial charge in [0.25, 0.3) is 0 Å². The molecule has 0 unspecified atom stereocenters. The molecule has 1 aliphatic rings. The number of aliphatic hydroxyl groups is 1. The maximum Gasteiger partial charge on any atom is 0.240 e. The zero-order valence-corrected chi connectivity index (χ0v) is 12.3. The molecule has 6 heteroatoms. The molecule has 1 aliphatic carbocycles. The van der Waals surface area contributed by atoms with Crippen LogP contribution in [0.5, 0.6) is 0 Å². The van der Waals surface area contributed by atoms with Crippen LogP contribution in [0.25, 0.3) is 0 Å². The van der Waals surface area contributed by atoms with E-state index in [4.69, 9.17) is 5.11 Å². The smallest absolute Gasteiger partial charge is 0.240 e. The summed E-state index contributed by atoms with van der Waals surface area (Å²) in [7, 11) is -3.46. The van der Waals surface area contributed by atoms with Crippen LogP contribution in [0.15, 0.2) is 33.6 Å². The van der Waals surface area contributed by atoms with E-state index in [2.05, 4.69) is 20.7 Å². The SMILES string of the molecule is O=S(=O)(NCC1(CCO)CC1)c1cccc(Br)c1. The van der Waals surface area contributed by atoms with Crippen molar-refractivity contribution in [1.29, 1.82) is 0 Å². The predicted molar refractivity (Wildman–Crippen MR) is 72.7 cm³/mol. The third-order valence-corrected chi connectivity index (χ3v) is 5.23. The lowest BCUT2D eigenvalue weighted by Crippen LogP contribution is -2.30. The van der Waals surface area contributed by atoms with Crippen LogP contribution in [0.3, 0.4) is 0 Å². The molecule has 2 N–H and O–H groups in total. The highest BCUT2D eigenvalue weighted by Crippen LogP contribution is 2.48. The molecule has 2 rings (SSSR count). The highest BCUT2D eigenvalue weighted by atomic mass is 79.9. The summed E-state index contributed by atoms with van der Waals surface area (Å²) in [5.74, 6) is 0. The van der Waals surface area contributed by atoms with Gasteiger partial charge in [-0.2, -0.15) is 0 Å². The molecule has 18 heavy (non-hydrogen) atoms. The molecule has 0 saturated heterocycles. The average Bonchev–Trinajstić information content (AvgIpc) is 3.08. The molecule has 0 heterocycles. The minimum Gasteiger partial charge on any atom is -0.396 e. The fraction of sp³-hybridized carbons (Fsp3) is 0.500. The summed E-state index contributed by atoms with van der Waals surface area (Å²) in [6, 6.07) is 6.62. The van der Waals surface area contributed by atoms with Crippen LogP contribution in [-0.2, 0) is 10.0 Å². The monoisotopic (exact) mass is 333 g/mol. The Morgan fingerprint density at radius 2 is 2.11 bits per heavy atom. The van der Waals surface area contributed by atoms with Crippen LogP contribution >= 0.6 is 15.9 Å². The van der Waals surface area contributed by atoms with Gasteiger partial charge in [-0.15, -0.1) is 0 Å². The minimum atomic E-state index is -3.46. The molecular formula is C12H16BrNO3S. The molecule has 0 radical (unpaired) electrons. The van der Waals surface area contributed by atoms with Crippen molar-refractivity contribution in [2.24, 2.45) is 5.41 Å². The van der Waals surface area contributed by atoms with Crippen LogP contribution in [0, 0.1) is 5.41 Å². The van der Waals surface area contributed by atoms with E-state index in [1.807, 2.05) is 0 Å². The van der Waals surface area contributed by atoms with Gasteiger partial charge >= 0.3 is 0 Å². The van der Waals surface area contributed by atoms with E-state index in [0.29, 0.717) is 13.0 Å². The Morgan fingerprint density at radius 3 is 2.67 bits per heavy atom. The average molecular weight is 334 g/mol. The standard InChI is InChI=1S/C12H16BrNO3S/c13-10-2-1-3-11(8-10)18(16,17)14-9-12(4-5-12)6-7-15/h1-3,8,14-15H,4-7,9H2. The molecule has 0 amide bonds. The van der Waals surface area contributed by atoms with Gasteiger partial charge in [0, 0.05) is 17.6 Å². The van der Waals surface area contributed by atoms with Gasteiger partial charge in [-0.25, -0.2) is 13.1 Å². The second kappa shape index (κ2) is 5.28. The third-order valence-electron chi connectivity index (χ3n) is 3.34. The van der Waals surface area contributed by atoms with Gasteiger partial charge in [-0.3, -0.25) is 0 Å². The van der Waals surface area contributed by atoms with E-state index >= 15 is 0 Å². The van der Waals surface area contributed by atoms with Crippen molar-refractivity contribution in [3.05, 3.63) is 28.7 Å². The van der Waals surface area contributed by atoms with Gasteiger partial charge in [0.05, 0.1) is 4.90 Å². The molecule has 1 aromatic rings. The van der Waals surface area contributed by atoms with E-state index in [0.717, 1.165) is 17.3 Å². The maximum atomic E-state index is 12.1. The fourth-order valence-corrected chi connectivity index (χ4v) is 3.65. The zero-order chi connectivity index (χ0) is 13.2. The molecule has 4 nitrogen and oxygen atoms in total. The lowest BCUT2D eigenvalue weighted by atomic mass is 10.0. The summed E-state index contributed by atoms with van der Waals surface area (Å²) in [4.78, 5) is 0.261. The largest absolute Gasteiger partial charge is 0.396 e. The highest BCUT2D eigenvalue weighted by Gasteiger charge is 2.42. The Hall–Kier alpha value is -0.430. The van der Waals surface area contributed by atoms with E-state index in [1.165, 1.54) is 0 Å². The number of nitrogens with one attached hydrogen (secondary N) is 1. The van der Waals surface area contributed by atoms with E-state index in [9.17, 15) is 8.42 Å². The molecule has 1 aromatic carbocycles. The second-order valence-electron chi connectivity index (χ2n) is 4.76. The van der Waals surface area contributed by atoms with Crippen LogP contribution < -0.4 is 4.72 Å². The lowest BCUT2D eigenvalue weighted by Gasteiger charge is -2.14. The first-order valence-electron chi connectivity index (χ1n) is 5.84. The first-order valence-corrected chi connectivity index (χ1v) is 8.11. The normalized spacial score (nSPS) is 17.7. The topological polar surface area (TPSA) is 66.4 Å². The van der Waals surface area contributed by atoms with Crippen LogP contribution in [0.1, 0.15) is 19.3 Å². The minimum absolute atomic E-state index is 0.0200. The zero-order valence-electron chi connectivity index (χ0n) is 9.89. The van der Waals surface area contributed by atoms with Crippen molar-refractivity contribution in [2.75, 3.05) is 13.2 Å². The molecule has 0 aliphatic heterocycles. The van der Waals surface area contributed by atoms with E-state index in [-0.39, 0.29) is 16.9 Å². The summed E-state index contributed by atoms with van der Waals surface area (Å²) >= 11 is 3.26. The second-order valence-corrected chi connectivity index (χ2v) is 7.44. The number of aliphatic hydroxyl groups excluding tert-OH is 1. The van der Waals surface area contributed by atoms with Crippen molar-refractivity contribution in [3.63, 3.8) is 0 Å². The Balaban J connectivity index is 2.04. The molecule has 0 spiro atoms. The third kappa shape index (κ3) is 3.32. The molecule has 0 bridgehead atoms. The van der Waals surface area contributed by atoms with Gasteiger partial charge in [0.15, 0.2) is 0 Å². The fourth-order valence-electron chi connectivity index (χ4n) is 1.89. The van der Waals surface area contributed by atoms with E-state index in [1.54, 1.807) is 24.3 Å². The Labute approximate surface area is 116 Å². The molecule has 0 atom stereocenters. The number of hydrogen-bond acceptors (Lipinski definition) is 3. The summed E-state index contributed by atoms with van der Waals surface area (Å²) in [5.41, 5.74) is -0.0200. The number of halogens is 1. The molecule has 1 fully saturated rings.